The van der Waals surface area contributed by atoms with Gasteiger partial charge in [-0.2, -0.15) is 0 Å². The highest BCUT2D eigenvalue weighted by atomic mass is 35.5. The average Bonchev–Trinajstić information content (AvgIpc) is 2.66. The summed E-state index contributed by atoms with van der Waals surface area (Å²) in [6.07, 6.45) is 0. The summed E-state index contributed by atoms with van der Waals surface area (Å²) in [7, 11) is 0. The van der Waals surface area contributed by atoms with Crippen molar-refractivity contribution in [3.63, 3.8) is 0 Å². The summed E-state index contributed by atoms with van der Waals surface area (Å²) in [5, 5.41) is 4.22. The molecule has 70 valence electrons. The molecule has 1 heterocycles. The number of amides is 1. The molecule has 0 aliphatic heterocycles. The minimum absolute atomic E-state index is 0.0199. The third-order valence-electron chi connectivity index (χ3n) is 1.36. The van der Waals surface area contributed by atoms with Crippen molar-refractivity contribution in [1.29, 1.82) is 0 Å². The van der Waals surface area contributed by atoms with Gasteiger partial charge in [0.15, 0.2) is 5.78 Å². The van der Waals surface area contributed by atoms with E-state index in [9.17, 15) is 9.59 Å². The van der Waals surface area contributed by atoms with E-state index in [4.69, 9.17) is 11.6 Å². The highest BCUT2D eigenvalue weighted by Crippen LogP contribution is 2.08. The van der Waals surface area contributed by atoms with Crippen LogP contribution >= 0.6 is 22.9 Å². The van der Waals surface area contributed by atoms with Gasteiger partial charge in [-0.3, -0.25) is 9.59 Å². The van der Waals surface area contributed by atoms with E-state index in [0.717, 1.165) is 0 Å². The smallest absolute Gasteiger partial charge is 0.235 e. The van der Waals surface area contributed by atoms with Gasteiger partial charge in [0.2, 0.25) is 5.91 Å². The van der Waals surface area contributed by atoms with Crippen LogP contribution in [0, 0.1) is 0 Å². The molecule has 1 amide bonds. The number of hydrogen-bond acceptors (Lipinski definition) is 3. The Morgan fingerprint density at radius 1 is 1.54 bits per heavy atom. The predicted octanol–water partition coefficient (Wildman–Crippen LogP) is 1.29. The van der Waals surface area contributed by atoms with Crippen molar-refractivity contribution in [2.45, 2.75) is 0 Å². The summed E-state index contributed by atoms with van der Waals surface area (Å²) in [5.74, 6) is -0.530. The largest absolute Gasteiger partial charge is 0.348 e. The zero-order valence-electron chi connectivity index (χ0n) is 6.75. The SMILES string of the molecule is O=C(CCl)NCC(=O)c1cccs1. The Hall–Kier alpha value is -0.870. The minimum atomic E-state index is -0.327. The van der Waals surface area contributed by atoms with Gasteiger partial charge < -0.3 is 5.32 Å². The normalized spacial score (nSPS) is 9.62. The van der Waals surface area contributed by atoms with E-state index in [2.05, 4.69) is 5.32 Å². The molecule has 1 aromatic heterocycles. The van der Waals surface area contributed by atoms with Crippen molar-refractivity contribution in [3.05, 3.63) is 22.4 Å². The molecule has 0 bridgehead atoms. The Morgan fingerprint density at radius 2 is 2.31 bits per heavy atom. The summed E-state index contributed by atoms with van der Waals surface area (Å²) < 4.78 is 0. The van der Waals surface area contributed by atoms with Gasteiger partial charge in [0.1, 0.15) is 5.88 Å². The van der Waals surface area contributed by atoms with Gasteiger partial charge in [0.25, 0.3) is 0 Å². The predicted molar refractivity (Wildman–Crippen MR) is 52.4 cm³/mol. The topological polar surface area (TPSA) is 46.2 Å². The van der Waals surface area contributed by atoms with Gasteiger partial charge >= 0.3 is 0 Å². The molecule has 0 spiro atoms. The minimum Gasteiger partial charge on any atom is -0.348 e. The van der Waals surface area contributed by atoms with Crippen LogP contribution in [0.1, 0.15) is 9.67 Å². The molecular formula is C8H8ClNO2S. The van der Waals surface area contributed by atoms with Crippen LogP contribution in [0.3, 0.4) is 0 Å². The van der Waals surface area contributed by atoms with Gasteiger partial charge in [-0.25, -0.2) is 0 Å². The lowest BCUT2D eigenvalue weighted by Crippen LogP contribution is -2.29. The van der Waals surface area contributed by atoms with Crippen molar-refractivity contribution < 1.29 is 9.59 Å². The Labute approximate surface area is 84.7 Å². The highest BCUT2D eigenvalue weighted by molar-refractivity contribution is 7.12. The summed E-state index contributed by atoms with van der Waals surface area (Å²) in [5.41, 5.74) is 0. The van der Waals surface area contributed by atoms with E-state index in [1.54, 1.807) is 12.1 Å². The number of ketones is 1. The van der Waals surface area contributed by atoms with Gasteiger partial charge in [0.05, 0.1) is 11.4 Å². The first-order chi connectivity index (χ1) is 6.24. The molecule has 0 unspecified atom stereocenters. The average molecular weight is 218 g/mol. The molecular weight excluding hydrogens is 210 g/mol. The van der Waals surface area contributed by atoms with Gasteiger partial charge in [0, 0.05) is 0 Å². The van der Waals surface area contributed by atoms with Crippen molar-refractivity contribution in [2.24, 2.45) is 0 Å². The zero-order valence-corrected chi connectivity index (χ0v) is 8.32. The maximum atomic E-state index is 11.3. The summed E-state index contributed by atoms with van der Waals surface area (Å²) in [4.78, 5) is 22.6. The van der Waals surface area contributed by atoms with Crippen LogP contribution in [-0.2, 0) is 4.79 Å². The fourth-order valence-corrected chi connectivity index (χ4v) is 1.51. The fraction of sp³-hybridized carbons (Fsp3) is 0.250. The standard InChI is InChI=1S/C8H8ClNO2S/c9-4-8(12)10-5-6(11)7-2-1-3-13-7/h1-3H,4-5H2,(H,10,12). The quantitative estimate of drug-likeness (QED) is 0.610. The second kappa shape index (κ2) is 4.99. The van der Waals surface area contributed by atoms with Gasteiger partial charge in [-0.1, -0.05) is 6.07 Å². The summed E-state index contributed by atoms with van der Waals surface area (Å²) >= 11 is 6.60. The Kier molecular flexibility index (Phi) is 3.92. The maximum absolute atomic E-state index is 11.3. The van der Waals surface area contributed by atoms with Gasteiger partial charge in [-0.15, -0.1) is 22.9 Å². The van der Waals surface area contributed by atoms with Crippen molar-refractivity contribution in [1.82, 2.24) is 5.32 Å². The number of nitrogens with one attached hydrogen (secondary N) is 1. The van der Waals surface area contributed by atoms with Crippen LogP contribution in [0.15, 0.2) is 17.5 Å². The fourth-order valence-electron chi connectivity index (χ4n) is 0.750. The molecule has 0 saturated heterocycles. The van der Waals surface area contributed by atoms with Crippen LogP contribution < -0.4 is 5.32 Å². The van der Waals surface area contributed by atoms with Crippen molar-refractivity contribution in [3.8, 4) is 0 Å². The second-order valence-corrected chi connectivity index (χ2v) is 3.53. The number of halogens is 1. The lowest BCUT2D eigenvalue weighted by atomic mass is 10.3. The molecule has 0 saturated carbocycles. The van der Waals surface area contributed by atoms with E-state index < -0.39 is 0 Å². The molecule has 0 aromatic carbocycles. The zero-order chi connectivity index (χ0) is 9.68. The van der Waals surface area contributed by atoms with Crippen molar-refractivity contribution in [2.75, 3.05) is 12.4 Å². The van der Waals surface area contributed by atoms with Crippen LogP contribution in [0.2, 0.25) is 0 Å². The van der Waals surface area contributed by atoms with E-state index >= 15 is 0 Å². The molecule has 1 aromatic rings. The molecule has 0 atom stereocenters. The van der Waals surface area contributed by atoms with E-state index in [1.165, 1.54) is 11.3 Å². The number of alkyl halides is 1. The molecule has 0 aliphatic carbocycles. The number of hydrogen-bond donors (Lipinski definition) is 1. The lowest BCUT2D eigenvalue weighted by molar-refractivity contribution is -0.118. The van der Waals surface area contributed by atoms with Crippen LogP contribution in [-0.4, -0.2) is 24.1 Å². The number of carbonyl (C=O) groups excluding carboxylic acids is 2. The first kappa shape index (κ1) is 10.2. The molecule has 5 heteroatoms. The highest BCUT2D eigenvalue weighted by Gasteiger charge is 2.07. The maximum Gasteiger partial charge on any atom is 0.235 e. The third kappa shape index (κ3) is 3.16. The molecule has 1 rings (SSSR count). The molecule has 13 heavy (non-hydrogen) atoms. The molecule has 0 aliphatic rings. The van der Waals surface area contributed by atoms with E-state index in [1.807, 2.05) is 5.38 Å². The Morgan fingerprint density at radius 3 is 2.85 bits per heavy atom. The second-order valence-electron chi connectivity index (χ2n) is 2.31. The van der Waals surface area contributed by atoms with Crippen LogP contribution in [0.25, 0.3) is 0 Å². The third-order valence-corrected chi connectivity index (χ3v) is 2.52. The summed E-state index contributed by atoms with van der Waals surface area (Å²) in [6.45, 7) is 0.0199. The van der Waals surface area contributed by atoms with Crippen molar-refractivity contribution >= 4 is 34.6 Å². The lowest BCUT2D eigenvalue weighted by Gasteiger charge is -1.99. The molecule has 3 nitrogen and oxygen atoms in total. The van der Waals surface area contributed by atoms with Crippen LogP contribution in [0.4, 0.5) is 0 Å². The van der Waals surface area contributed by atoms with E-state index in [0.29, 0.717) is 4.88 Å². The Balaban J connectivity index is 2.39. The molecule has 0 radical (unpaired) electrons. The monoisotopic (exact) mass is 217 g/mol. The molecule has 0 fully saturated rings. The first-order valence-corrected chi connectivity index (χ1v) is 5.05. The van der Waals surface area contributed by atoms with Gasteiger partial charge in [-0.05, 0) is 11.4 Å². The van der Waals surface area contributed by atoms with Crippen LogP contribution in [0.5, 0.6) is 0 Å². The van der Waals surface area contributed by atoms with E-state index in [-0.39, 0.29) is 24.1 Å². The number of carbonyl (C=O) groups is 2. The summed E-state index contributed by atoms with van der Waals surface area (Å²) in [6, 6.07) is 3.52. The number of Topliss-reactive ketones (excluding diaryl/α,β-unsaturated/α-hetero) is 1. The first-order valence-electron chi connectivity index (χ1n) is 3.63. The number of rotatable bonds is 4. The Bertz CT molecular complexity index is 297. The number of thiophene rings is 1. The molecule has 1 N–H and O–H groups in total.